The number of hydrogen-bond donors (Lipinski definition) is 4. The van der Waals surface area contributed by atoms with E-state index in [-0.39, 0.29) is 23.9 Å². The van der Waals surface area contributed by atoms with Gasteiger partial charge in [0, 0.05) is 29.7 Å². The molecule has 3 aromatic rings. The first kappa shape index (κ1) is 24.2. The minimum atomic E-state index is -1.18. The fraction of sp³-hybridized carbons (Fsp3) is 0.280. The Morgan fingerprint density at radius 3 is 2.24 bits per heavy atom. The molecule has 33 heavy (non-hydrogen) atoms. The van der Waals surface area contributed by atoms with Gasteiger partial charge in [0.25, 0.3) is 0 Å². The zero-order valence-electron chi connectivity index (χ0n) is 18.4. The molecule has 2 atom stereocenters. The van der Waals surface area contributed by atoms with Gasteiger partial charge < -0.3 is 25.0 Å². The highest BCUT2D eigenvalue weighted by Gasteiger charge is 2.21. The lowest BCUT2D eigenvalue weighted by atomic mass is 10.0. The predicted octanol–water partition coefficient (Wildman–Crippen LogP) is 4.24. The summed E-state index contributed by atoms with van der Waals surface area (Å²) in [5.74, 6) is -0.721. The van der Waals surface area contributed by atoms with Crippen LogP contribution in [0.2, 0.25) is 0 Å². The fourth-order valence-corrected chi connectivity index (χ4v) is 3.54. The molecule has 0 aliphatic rings. The monoisotopic (exact) mass is 454 g/mol. The van der Waals surface area contributed by atoms with E-state index in [4.69, 9.17) is 10.1 Å². The summed E-state index contributed by atoms with van der Waals surface area (Å²) >= 11 is 0. The number of hydrogen-bond acceptors (Lipinski definition) is 5. The molecule has 0 fully saturated rings. The normalized spacial score (nSPS) is 13.5. The van der Waals surface area contributed by atoms with Crippen LogP contribution in [0.15, 0.2) is 54.6 Å². The van der Waals surface area contributed by atoms with E-state index in [2.05, 4.69) is 0 Å². The molecule has 4 N–H and O–H groups in total. The first-order valence-electron chi connectivity index (χ1n) is 10.6. The predicted molar refractivity (Wildman–Crippen MR) is 123 cm³/mol. The number of carbonyl (C=O) groups is 1. The highest BCUT2D eigenvalue weighted by molar-refractivity contribution is 5.81. The van der Waals surface area contributed by atoms with E-state index in [0.29, 0.717) is 22.8 Å². The van der Waals surface area contributed by atoms with Crippen molar-refractivity contribution in [2.24, 2.45) is 0 Å². The number of carboxylic acids is 1. The van der Waals surface area contributed by atoms with Crippen LogP contribution in [0.25, 0.3) is 28.7 Å². The number of carboxylic acid groups (broad SMARTS) is 1. The Labute approximate surface area is 191 Å². The number of rotatable bonds is 9. The number of halogens is 1. The van der Waals surface area contributed by atoms with Crippen LogP contribution in [0.4, 0.5) is 4.39 Å². The molecule has 2 aromatic carbocycles. The van der Waals surface area contributed by atoms with Crippen molar-refractivity contribution < 1.29 is 29.6 Å². The van der Waals surface area contributed by atoms with E-state index in [9.17, 15) is 24.5 Å². The summed E-state index contributed by atoms with van der Waals surface area (Å²) in [6, 6.07) is 12.6. The van der Waals surface area contributed by atoms with Gasteiger partial charge >= 0.3 is 5.97 Å². The first-order valence-corrected chi connectivity index (χ1v) is 10.6. The van der Waals surface area contributed by atoms with Gasteiger partial charge in [-0.3, -0.25) is 4.79 Å². The van der Waals surface area contributed by atoms with Crippen molar-refractivity contribution in [1.29, 1.82) is 0 Å². The number of imidazole rings is 1. The van der Waals surface area contributed by atoms with Crippen LogP contribution >= 0.6 is 0 Å². The van der Waals surface area contributed by atoms with Crippen LogP contribution < -0.4 is 0 Å². The van der Waals surface area contributed by atoms with E-state index in [1.807, 2.05) is 13.8 Å². The van der Waals surface area contributed by atoms with Gasteiger partial charge in [-0.2, -0.15) is 0 Å². The van der Waals surface area contributed by atoms with Gasteiger partial charge in [-0.1, -0.05) is 13.8 Å². The van der Waals surface area contributed by atoms with Crippen molar-refractivity contribution in [2.75, 3.05) is 0 Å². The van der Waals surface area contributed by atoms with E-state index in [0.717, 1.165) is 5.56 Å². The molecule has 0 bridgehead atoms. The molecule has 1 heterocycles. The molecule has 174 valence electrons. The fourth-order valence-electron chi connectivity index (χ4n) is 3.54. The third-order valence-electron chi connectivity index (χ3n) is 5.09. The zero-order chi connectivity index (χ0) is 24.1. The van der Waals surface area contributed by atoms with E-state index in [1.165, 1.54) is 18.2 Å². The molecule has 7 nitrogen and oxygen atoms in total. The molecule has 0 radical (unpaired) electrons. The Kier molecular flexibility index (Phi) is 7.63. The van der Waals surface area contributed by atoms with Gasteiger partial charge in [-0.05, 0) is 54.6 Å². The van der Waals surface area contributed by atoms with Gasteiger partial charge in [-0.25, -0.2) is 9.37 Å². The van der Waals surface area contributed by atoms with Gasteiger partial charge in [0.15, 0.2) is 0 Å². The van der Waals surface area contributed by atoms with Crippen molar-refractivity contribution in [1.82, 2.24) is 9.55 Å². The Morgan fingerprint density at radius 1 is 1.06 bits per heavy atom. The van der Waals surface area contributed by atoms with E-state index < -0.39 is 24.6 Å². The largest absolute Gasteiger partial charge is 0.508 e. The molecule has 0 amide bonds. The van der Waals surface area contributed by atoms with Crippen molar-refractivity contribution in [3.8, 4) is 28.3 Å². The molecular weight excluding hydrogens is 427 g/mol. The SMILES string of the molecule is CC(C)c1nc(-c2ccc(O)cc2)c(-c2ccc(F)cc2)n1/C=C/C(O)CC(O)CC(=O)O. The number of aliphatic hydroxyl groups is 2. The standard InChI is InChI=1S/C25H27FN2O5/c1-15(2)25-27-23(16-5-9-19(29)10-6-16)24(17-3-7-18(26)8-4-17)28(25)12-11-20(30)13-21(31)14-22(32)33/h3-12,15,20-21,29-31H,13-14H2,1-2H3,(H,32,33)/b12-11+. The quantitative estimate of drug-likeness (QED) is 0.384. The highest BCUT2D eigenvalue weighted by atomic mass is 19.1. The first-order chi connectivity index (χ1) is 15.7. The average Bonchev–Trinajstić information content (AvgIpc) is 3.12. The van der Waals surface area contributed by atoms with Crippen LogP contribution in [-0.2, 0) is 4.79 Å². The maximum Gasteiger partial charge on any atom is 0.305 e. The van der Waals surface area contributed by atoms with Crippen molar-refractivity contribution >= 4 is 12.2 Å². The van der Waals surface area contributed by atoms with Gasteiger partial charge in [0.1, 0.15) is 17.4 Å². The number of phenolic OH excluding ortho intramolecular Hbond substituents is 1. The van der Waals surface area contributed by atoms with Crippen LogP contribution in [0.1, 0.15) is 38.4 Å². The summed E-state index contributed by atoms with van der Waals surface area (Å²) in [6.07, 6.45) is 0.234. The van der Waals surface area contributed by atoms with Crippen LogP contribution in [-0.4, -0.2) is 48.2 Å². The summed E-state index contributed by atoms with van der Waals surface area (Å²) < 4.78 is 15.4. The van der Waals surface area contributed by atoms with Crippen LogP contribution in [0.5, 0.6) is 5.75 Å². The molecule has 0 saturated heterocycles. The number of aliphatic hydroxyl groups excluding tert-OH is 2. The Balaban J connectivity index is 2.10. The van der Waals surface area contributed by atoms with Gasteiger partial charge in [0.2, 0.25) is 0 Å². The van der Waals surface area contributed by atoms with Crippen molar-refractivity contribution in [3.05, 3.63) is 66.2 Å². The Bertz CT molecular complexity index is 1120. The summed E-state index contributed by atoms with van der Waals surface area (Å²) in [5.41, 5.74) is 2.73. The molecule has 0 spiro atoms. The molecule has 1 aromatic heterocycles. The minimum absolute atomic E-state index is 0.00513. The minimum Gasteiger partial charge on any atom is -0.508 e. The van der Waals surface area contributed by atoms with Crippen LogP contribution in [0, 0.1) is 5.82 Å². The third kappa shape index (κ3) is 6.06. The smallest absolute Gasteiger partial charge is 0.305 e. The number of aromatic hydroxyl groups is 1. The maximum absolute atomic E-state index is 13.6. The number of aromatic nitrogens is 2. The number of aliphatic carboxylic acids is 1. The molecule has 0 aliphatic carbocycles. The van der Waals surface area contributed by atoms with Crippen LogP contribution in [0.3, 0.4) is 0 Å². The van der Waals surface area contributed by atoms with Crippen molar-refractivity contribution in [3.63, 3.8) is 0 Å². The maximum atomic E-state index is 13.6. The second-order valence-electron chi connectivity index (χ2n) is 8.14. The lowest BCUT2D eigenvalue weighted by Gasteiger charge is -2.13. The van der Waals surface area contributed by atoms with E-state index in [1.54, 1.807) is 47.2 Å². The third-order valence-corrected chi connectivity index (χ3v) is 5.09. The Hall–Kier alpha value is -3.49. The zero-order valence-corrected chi connectivity index (χ0v) is 18.4. The lowest BCUT2D eigenvalue weighted by Crippen LogP contribution is -2.19. The molecular formula is C25H27FN2O5. The number of phenols is 1. The van der Waals surface area contributed by atoms with E-state index >= 15 is 0 Å². The average molecular weight is 454 g/mol. The molecule has 2 unspecified atom stereocenters. The second-order valence-corrected chi connectivity index (χ2v) is 8.14. The molecule has 0 saturated carbocycles. The molecule has 3 rings (SSSR count). The number of nitrogens with zero attached hydrogens (tertiary/aromatic N) is 2. The molecule has 0 aliphatic heterocycles. The summed E-state index contributed by atoms with van der Waals surface area (Å²) in [7, 11) is 0. The highest BCUT2D eigenvalue weighted by Crippen LogP contribution is 2.36. The number of benzene rings is 2. The summed E-state index contributed by atoms with van der Waals surface area (Å²) in [5, 5.41) is 38.6. The van der Waals surface area contributed by atoms with Gasteiger partial charge in [0.05, 0.1) is 30.0 Å². The Morgan fingerprint density at radius 2 is 1.67 bits per heavy atom. The van der Waals surface area contributed by atoms with Gasteiger partial charge in [-0.15, -0.1) is 0 Å². The summed E-state index contributed by atoms with van der Waals surface area (Å²) in [6.45, 7) is 3.93. The molecule has 8 heteroatoms. The second kappa shape index (κ2) is 10.4. The topological polar surface area (TPSA) is 116 Å². The summed E-state index contributed by atoms with van der Waals surface area (Å²) in [4.78, 5) is 15.6. The van der Waals surface area contributed by atoms with Crippen molar-refractivity contribution in [2.45, 2.75) is 44.8 Å². The lowest BCUT2D eigenvalue weighted by molar-refractivity contribution is -0.139.